The molecule has 1 aromatic heterocycles. The van der Waals surface area contributed by atoms with Crippen molar-refractivity contribution in [2.75, 3.05) is 26.7 Å². The smallest absolute Gasteiger partial charge is 0.308 e. The highest BCUT2D eigenvalue weighted by atomic mass is 16.5. The Morgan fingerprint density at radius 2 is 2.03 bits per heavy atom. The van der Waals surface area contributed by atoms with Crippen LogP contribution in [0.1, 0.15) is 42.9 Å². The summed E-state index contributed by atoms with van der Waals surface area (Å²) in [5, 5.41) is 21.8. The summed E-state index contributed by atoms with van der Waals surface area (Å²) in [6, 6.07) is 17.9. The van der Waals surface area contributed by atoms with E-state index < -0.39 is 18.0 Å². The number of pyridine rings is 1. The van der Waals surface area contributed by atoms with Gasteiger partial charge in [0.25, 0.3) is 0 Å². The molecule has 3 aromatic rings. The molecule has 1 aliphatic rings. The summed E-state index contributed by atoms with van der Waals surface area (Å²) >= 11 is 0. The number of hydrogen-bond acceptors (Lipinski definition) is 5. The maximum Gasteiger partial charge on any atom is 0.308 e. The number of fused-ring (bicyclic) bond motifs is 1. The first-order valence-electron chi connectivity index (χ1n) is 12.1. The lowest BCUT2D eigenvalue weighted by atomic mass is 9.81. The zero-order chi connectivity index (χ0) is 23.9. The van der Waals surface area contributed by atoms with E-state index in [1.165, 1.54) is 5.56 Å². The van der Waals surface area contributed by atoms with Crippen LogP contribution in [0.5, 0.6) is 5.75 Å². The Morgan fingerprint density at radius 3 is 2.79 bits per heavy atom. The van der Waals surface area contributed by atoms with Gasteiger partial charge in [-0.05, 0) is 86.5 Å². The summed E-state index contributed by atoms with van der Waals surface area (Å²) in [6.07, 6.45) is 5.13. The van der Waals surface area contributed by atoms with E-state index in [0.717, 1.165) is 54.6 Å². The Kier molecular flexibility index (Phi) is 8.14. The monoisotopic (exact) mass is 462 g/mol. The van der Waals surface area contributed by atoms with Crippen LogP contribution >= 0.6 is 0 Å². The first-order valence-corrected chi connectivity index (χ1v) is 12.1. The number of aliphatic carboxylic acids is 1. The standard InChI is InChI=1S/C28H34N2O4/c1-34-22-10-11-26-24(18-22)23(13-15-29-26)27(31)12-9-21-14-17-30(19-25(21)28(32)33)16-5-8-20-6-3-2-4-7-20/h2-4,6-7,10-11,13,15,18,21,25,27,31H,5,8-9,12,14,16-17,19H2,1H3,(H,32,33)/t21-,25+,27?/m1/s1. The molecule has 2 N–H and O–H groups in total. The number of benzene rings is 2. The Morgan fingerprint density at radius 1 is 1.21 bits per heavy atom. The van der Waals surface area contributed by atoms with Crippen molar-refractivity contribution in [1.82, 2.24) is 9.88 Å². The van der Waals surface area contributed by atoms with Gasteiger partial charge in [0.05, 0.1) is 24.6 Å². The maximum absolute atomic E-state index is 12.1. The van der Waals surface area contributed by atoms with Crippen LogP contribution in [-0.4, -0.2) is 52.8 Å². The molecule has 1 unspecified atom stereocenters. The Bertz CT molecular complexity index is 1090. The number of aromatic nitrogens is 1. The fourth-order valence-electron chi connectivity index (χ4n) is 5.14. The number of aryl methyl sites for hydroxylation is 1. The summed E-state index contributed by atoms with van der Waals surface area (Å²) in [7, 11) is 1.62. The number of aliphatic hydroxyl groups is 1. The number of methoxy groups -OCH3 is 1. The summed E-state index contributed by atoms with van der Waals surface area (Å²) in [5.74, 6) is -0.335. The molecular weight excluding hydrogens is 428 g/mol. The molecule has 6 nitrogen and oxygen atoms in total. The van der Waals surface area contributed by atoms with Crippen LogP contribution in [0.25, 0.3) is 10.9 Å². The highest BCUT2D eigenvalue weighted by Gasteiger charge is 2.34. The predicted octanol–water partition coefficient (Wildman–Crippen LogP) is 4.71. The SMILES string of the molecule is COc1ccc2nccc(C(O)CC[C@@H]3CCN(CCCc4ccccc4)C[C@@H]3C(=O)O)c2c1. The lowest BCUT2D eigenvalue weighted by molar-refractivity contribution is -0.146. The van der Waals surface area contributed by atoms with Crippen molar-refractivity contribution < 1.29 is 19.7 Å². The molecule has 3 atom stereocenters. The molecule has 1 fully saturated rings. The Labute approximate surface area is 201 Å². The van der Waals surface area contributed by atoms with Crippen molar-refractivity contribution >= 4 is 16.9 Å². The Hall–Kier alpha value is -2.96. The maximum atomic E-state index is 12.1. The lowest BCUT2D eigenvalue weighted by Gasteiger charge is -2.37. The summed E-state index contributed by atoms with van der Waals surface area (Å²) in [6.45, 7) is 2.41. The van der Waals surface area contributed by atoms with Gasteiger partial charge in [0.2, 0.25) is 0 Å². The van der Waals surface area contributed by atoms with E-state index in [2.05, 4.69) is 34.1 Å². The summed E-state index contributed by atoms with van der Waals surface area (Å²) < 4.78 is 5.34. The molecular formula is C28H34N2O4. The number of hydrogen-bond donors (Lipinski definition) is 2. The van der Waals surface area contributed by atoms with Crippen LogP contribution < -0.4 is 4.74 Å². The topological polar surface area (TPSA) is 82.9 Å². The van der Waals surface area contributed by atoms with E-state index in [1.807, 2.05) is 30.3 Å². The van der Waals surface area contributed by atoms with E-state index in [9.17, 15) is 15.0 Å². The quantitative estimate of drug-likeness (QED) is 0.454. The molecule has 2 aromatic carbocycles. The summed E-state index contributed by atoms with van der Waals surface area (Å²) in [5.41, 5.74) is 2.95. The predicted molar refractivity (Wildman–Crippen MR) is 133 cm³/mol. The number of carboxylic acids is 1. The molecule has 4 rings (SSSR count). The van der Waals surface area contributed by atoms with Gasteiger partial charge in [-0.3, -0.25) is 9.78 Å². The highest BCUT2D eigenvalue weighted by Crippen LogP contribution is 2.33. The second kappa shape index (κ2) is 11.4. The van der Waals surface area contributed by atoms with E-state index in [-0.39, 0.29) is 5.92 Å². The van der Waals surface area contributed by atoms with E-state index in [1.54, 1.807) is 13.3 Å². The third kappa shape index (κ3) is 5.93. The second-order valence-electron chi connectivity index (χ2n) is 9.26. The highest BCUT2D eigenvalue weighted by molar-refractivity contribution is 5.83. The molecule has 0 amide bonds. The van der Waals surface area contributed by atoms with Crippen LogP contribution in [0.3, 0.4) is 0 Å². The van der Waals surface area contributed by atoms with Gasteiger partial charge in [-0.15, -0.1) is 0 Å². The van der Waals surface area contributed by atoms with Gasteiger partial charge in [0.15, 0.2) is 0 Å². The van der Waals surface area contributed by atoms with Crippen molar-refractivity contribution in [1.29, 1.82) is 0 Å². The fourth-order valence-corrected chi connectivity index (χ4v) is 5.14. The molecule has 6 heteroatoms. The molecule has 180 valence electrons. The van der Waals surface area contributed by atoms with Gasteiger partial charge in [-0.1, -0.05) is 30.3 Å². The van der Waals surface area contributed by atoms with Gasteiger partial charge in [0, 0.05) is 18.1 Å². The molecule has 0 aliphatic carbocycles. The molecule has 0 spiro atoms. The zero-order valence-corrected chi connectivity index (χ0v) is 19.8. The first kappa shape index (κ1) is 24.2. The zero-order valence-electron chi connectivity index (χ0n) is 19.8. The number of nitrogens with zero attached hydrogens (tertiary/aromatic N) is 2. The number of aliphatic hydroxyl groups excluding tert-OH is 1. The van der Waals surface area contributed by atoms with Crippen LogP contribution in [0.4, 0.5) is 0 Å². The minimum atomic E-state index is -0.730. The number of piperidine rings is 1. The molecule has 0 radical (unpaired) electrons. The van der Waals surface area contributed by atoms with Crippen molar-refractivity contribution in [2.45, 2.75) is 38.2 Å². The molecule has 0 bridgehead atoms. The van der Waals surface area contributed by atoms with Crippen LogP contribution in [0.15, 0.2) is 60.8 Å². The lowest BCUT2D eigenvalue weighted by Crippen LogP contribution is -2.44. The molecule has 1 aliphatic heterocycles. The number of carboxylic acid groups (broad SMARTS) is 1. The second-order valence-corrected chi connectivity index (χ2v) is 9.26. The molecule has 34 heavy (non-hydrogen) atoms. The molecule has 2 heterocycles. The third-order valence-corrected chi connectivity index (χ3v) is 7.09. The van der Waals surface area contributed by atoms with E-state index in [0.29, 0.717) is 19.4 Å². The van der Waals surface area contributed by atoms with Gasteiger partial charge in [0.1, 0.15) is 5.75 Å². The van der Waals surface area contributed by atoms with Crippen molar-refractivity contribution in [3.05, 3.63) is 71.9 Å². The largest absolute Gasteiger partial charge is 0.497 e. The van der Waals surface area contributed by atoms with Gasteiger partial charge < -0.3 is 19.8 Å². The van der Waals surface area contributed by atoms with Crippen LogP contribution in [0.2, 0.25) is 0 Å². The number of ether oxygens (including phenoxy) is 1. The normalized spacial score (nSPS) is 19.7. The van der Waals surface area contributed by atoms with Crippen molar-refractivity contribution in [3.8, 4) is 5.75 Å². The number of rotatable bonds is 10. The number of likely N-dealkylation sites (tertiary alicyclic amines) is 1. The van der Waals surface area contributed by atoms with E-state index >= 15 is 0 Å². The van der Waals surface area contributed by atoms with Gasteiger partial charge in [-0.25, -0.2) is 0 Å². The minimum absolute atomic E-state index is 0.0696. The third-order valence-electron chi connectivity index (χ3n) is 7.09. The fraction of sp³-hybridized carbons (Fsp3) is 0.429. The van der Waals surface area contributed by atoms with Crippen LogP contribution in [0, 0.1) is 11.8 Å². The van der Waals surface area contributed by atoms with E-state index in [4.69, 9.17) is 4.74 Å². The Balaban J connectivity index is 1.34. The first-order chi connectivity index (χ1) is 16.5. The molecule has 1 saturated heterocycles. The average Bonchev–Trinajstić information content (AvgIpc) is 2.87. The van der Waals surface area contributed by atoms with Gasteiger partial charge in [-0.2, -0.15) is 0 Å². The minimum Gasteiger partial charge on any atom is -0.497 e. The average molecular weight is 463 g/mol. The van der Waals surface area contributed by atoms with Gasteiger partial charge >= 0.3 is 5.97 Å². The van der Waals surface area contributed by atoms with Crippen molar-refractivity contribution in [2.24, 2.45) is 11.8 Å². The molecule has 0 saturated carbocycles. The van der Waals surface area contributed by atoms with Crippen molar-refractivity contribution in [3.63, 3.8) is 0 Å². The summed E-state index contributed by atoms with van der Waals surface area (Å²) in [4.78, 5) is 18.7. The number of carbonyl (C=O) groups is 1. The van der Waals surface area contributed by atoms with Crippen LogP contribution in [-0.2, 0) is 11.2 Å².